The van der Waals surface area contributed by atoms with Gasteiger partial charge in [0, 0.05) is 23.0 Å². The van der Waals surface area contributed by atoms with E-state index in [-0.39, 0.29) is 0 Å². The van der Waals surface area contributed by atoms with E-state index >= 15 is 0 Å². The second kappa shape index (κ2) is 5.24. The minimum Gasteiger partial charge on any atom is -0.457 e. The Morgan fingerprint density at radius 2 is 2.05 bits per heavy atom. The summed E-state index contributed by atoms with van der Waals surface area (Å²) >= 11 is 6.13. The van der Waals surface area contributed by atoms with Crippen LogP contribution in [0.2, 0.25) is 5.02 Å². The summed E-state index contributed by atoms with van der Waals surface area (Å²) in [5.74, 6) is 2.24. The maximum atomic E-state index is 6.13. The quantitative estimate of drug-likeness (QED) is 0.893. The van der Waals surface area contributed by atoms with Crippen LogP contribution in [0.4, 0.5) is 0 Å². The molecule has 1 atom stereocenters. The topological polar surface area (TPSA) is 21.3 Å². The molecule has 2 nitrogen and oxygen atoms in total. The summed E-state index contributed by atoms with van der Waals surface area (Å²) in [5.41, 5.74) is 2.42. The molecule has 0 saturated carbocycles. The molecule has 0 saturated heterocycles. The fourth-order valence-electron chi connectivity index (χ4n) is 2.63. The first kappa shape index (κ1) is 12.5. The second-order valence-electron chi connectivity index (χ2n) is 4.85. The fraction of sp³-hybridized carbons (Fsp3) is 0.250. The van der Waals surface area contributed by atoms with Crippen molar-refractivity contribution >= 4 is 11.6 Å². The van der Waals surface area contributed by atoms with Crippen LogP contribution in [-0.2, 0) is 6.42 Å². The second-order valence-corrected chi connectivity index (χ2v) is 5.29. The van der Waals surface area contributed by atoms with Crippen LogP contribution in [-0.4, -0.2) is 13.6 Å². The number of likely N-dealkylation sites (N-methyl/N-ethyl adjacent to an activating group) is 1. The molecule has 0 aliphatic carbocycles. The monoisotopic (exact) mass is 273 g/mol. The lowest BCUT2D eigenvalue weighted by Gasteiger charge is -2.16. The van der Waals surface area contributed by atoms with Crippen molar-refractivity contribution in [2.24, 2.45) is 0 Å². The molecule has 3 rings (SSSR count). The summed E-state index contributed by atoms with van der Waals surface area (Å²) in [6.07, 6.45) is 0.963. The summed E-state index contributed by atoms with van der Waals surface area (Å²) < 4.78 is 6.05. The molecule has 0 aromatic heterocycles. The molecule has 1 N–H and O–H groups in total. The number of hydrogen-bond donors (Lipinski definition) is 1. The van der Waals surface area contributed by atoms with Crippen LogP contribution in [0.25, 0.3) is 0 Å². The van der Waals surface area contributed by atoms with Gasteiger partial charge in [-0.25, -0.2) is 0 Å². The van der Waals surface area contributed by atoms with Crippen LogP contribution in [0.15, 0.2) is 42.5 Å². The summed E-state index contributed by atoms with van der Waals surface area (Å²) in [7, 11) is 1.97. The van der Waals surface area contributed by atoms with E-state index in [1.54, 1.807) is 0 Å². The Labute approximate surface area is 118 Å². The van der Waals surface area contributed by atoms with Crippen molar-refractivity contribution in [2.75, 3.05) is 13.6 Å². The molecular weight excluding hydrogens is 258 g/mol. The smallest absolute Gasteiger partial charge is 0.131 e. The fourth-order valence-corrected chi connectivity index (χ4v) is 2.81. The molecule has 0 bridgehead atoms. The SMILES string of the molecule is CNC[C@@H]1Cc2ccccc2Oc2ccc(Cl)cc21. The van der Waals surface area contributed by atoms with E-state index in [9.17, 15) is 0 Å². The zero-order chi connectivity index (χ0) is 13.2. The number of benzene rings is 2. The average molecular weight is 274 g/mol. The molecule has 0 fully saturated rings. The summed E-state index contributed by atoms with van der Waals surface area (Å²) in [5, 5.41) is 4.02. The molecule has 0 radical (unpaired) electrons. The van der Waals surface area contributed by atoms with Crippen LogP contribution in [0.1, 0.15) is 17.0 Å². The Bertz CT molecular complexity index is 597. The molecule has 1 heterocycles. The summed E-state index contributed by atoms with van der Waals surface area (Å²) in [6.45, 7) is 0.908. The molecule has 0 amide bonds. The highest BCUT2D eigenvalue weighted by atomic mass is 35.5. The van der Waals surface area contributed by atoms with E-state index in [0.717, 1.165) is 29.5 Å². The predicted molar refractivity (Wildman–Crippen MR) is 78.3 cm³/mol. The third-order valence-electron chi connectivity index (χ3n) is 3.52. The van der Waals surface area contributed by atoms with Crippen LogP contribution < -0.4 is 10.1 Å². The van der Waals surface area contributed by atoms with Crippen molar-refractivity contribution in [3.8, 4) is 11.5 Å². The van der Waals surface area contributed by atoms with Gasteiger partial charge in [0.2, 0.25) is 0 Å². The highest BCUT2D eigenvalue weighted by Crippen LogP contribution is 2.40. The Balaban J connectivity index is 2.10. The highest BCUT2D eigenvalue weighted by molar-refractivity contribution is 6.30. The molecule has 2 aromatic carbocycles. The van der Waals surface area contributed by atoms with E-state index in [2.05, 4.69) is 17.4 Å². The molecule has 2 aromatic rings. The van der Waals surface area contributed by atoms with Gasteiger partial charge in [-0.2, -0.15) is 0 Å². The van der Waals surface area contributed by atoms with Gasteiger partial charge in [0.25, 0.3) is 0 Å². The molecule has 3 heteroatoms. The first-order valence-electron chi connectivity index (χ1n) is 6.47. The van der Waals surface area contributed by atoms with Gasteiger partial charge in [-0.15, -0.1) is 0 Å². The minimum absolute atomic E-state index is 0.377. The maximum absolute atomic E-state index is 6.13. The zero-order valence-electron chi connectivity index (χ0n) is 10.8. The maximum Gasteiger partial charge on any atom is 0.131 e. The highest BCUT2D eigenvalue weighted by Gasteiger charge is 2.23. The normalized spacial score (nSPS) is 17.1. The first-order valence-corrected chi connectivity index (χ1v) is 6.85. The van der Waals surface area contributed by atoms with Gasteiger partial charge in [0.15, 0.2) is 0 Å². The van der Waals surface area contributed by atoms with Crippen molar-refractivity contribution in [1.82, 2.24) is 5.32 Å². The standard InChI is InChI=1S/C16H16ClNO/c1-18-10-12-8-11-4-2-3-5-15(11)19-16-7-6-13(17)9-14(12)16/h2-7,9,12,18H,8,10H2,1H3/t12-/m0/s1. The first-order chi connectivity index (χ1) is 9.28. The van der Waals surface area contributed by atoms with Gasteiger partial charge in [0.05, 0.1) is 0 Å². The molecule has 98 valence electrons. The lowest BCUT2D eigenvalue weighted by molar-refractivity contribution is 0.477. The molecule has 19 heavy (non-hydrogen) atoms. The Hall–Kier alpha value is -1.51. The molecule has 0 unspecified atom stereocenters. The molecule has 1 aliphatic rings. The van der Waals surface area contributed by atoms with Crippen molar-refractivity contribution in [2.45, 2.75) is 12.3 Å². The third-order valence-corrected chi connectivity index (χ3v) is 3.76. The van der Waals surface area contributed by atoms with Gasteiger partial charge >= 0.3 is 0 Å². The van der Waals surface area contributed by atoms with E-state index in [4.69, 9.17) is 16.3 Å². The minimum atomic E-state index is 0.377. The van der Waals surface area contributed by atoms with Crippen molar-refractivity contribution in [3.63, 3.8) is 0 Å². The van der Waals surface area contributed by atoms with Crippen LogP contribution in [0, 0.1) is 0 Å². The van der Waals surface area contributed by atoms with E-state index in [1.807, 2.05) is 37.4 Å². The Kier molecular flexibility index (Phi) is 3.45. The molecular formula is C16H16ClNO. The Morgan fingerprint density at radius 3 is 2.89 bits per heavy atom. The van der Waals surface area contributed by atoms with Gasteiger partial charge < -0.3 is 10.1 Å². The van der Waals surface area contributed by atoms with Crippen molar-refractivity contribution in [3.05, 3.63) is 58.6 Å². The third kappa shape index (κ3) is 2.46. The van der Waals surface area contributed by atoms with Gasteiger partial charge in [-0.1, -0.05) is 29.8 Å². The number of ether oxygens (including phenoxy) is 1. The molecule has 1 aliphatic heterocycles. The van der Waals surface area contributed by atoms with Crippen LogP contribution in [0.5, 0.6) is 11.5 Å². The van der Waals surface area contributed by atoms with Gasteiger partial charge in [0.1, 0.15) is 11.5 Å². The number of para-hydroxylation sites is 1. The molecule has 0 spiro atoms. The van der Waals surface area contributed by atoms with Gasteiger partial charge in [-0.3, -0.25) is 0 Å². The van der Waals surface area contributed by atoms with Gasteiger partial charge in [-0.05, 0) is 43.3 Å². The van der Waals surface area contributed by atoms with Crippen LogP contribution in [0.3, 0.4) is 0 Å². The number of halogens is 1. The number of fused-ring (bicyclic) bond motifs is 2. The van der Waals surface area contributed by atoms with E-state index in [0.29, 0.717) is 5.92 Å². The van der Waals surface area contributed by atoms with E-state index < -0.39 is 0 Å². The summed E-state index contributed by atoms with van der Waals surface area (Å²) in [4.78, 5) is 0. The number of nitrogens with one attached hydrogen (secondary N) is 1. The predicted octanol–water partition coefficient (Wildman–Crippen LogP) is 3.99. The summed E-state index contributed by atoms with van der Waals surface area (Å²) in [6, 6.07) is 14.1. The van der Waals surface area contributed by atoms with Crippen molar-refractivity contribution < 1.29 is 4.74 Å². The number of hydrogen-bond acceptors (Lipinski definition) is 2. The lowest BCUT2D eigenvalue weighted by atomic mass is 9.92. The van der Waals surface area contributed by atoms with Crippen LogP contribution >= 0.6 is 11.6 Å². The Morgan fingerprint density at radius 1 is 1.21 bits per heavy atom. The van der Waals surface area contributed by atoms with E-state index in [1.165, 1.54) is 11.1 Å². The van der Waals surface area contributed by atoms with Crippen molar-refractivity contribution in [1.29, 1.82) is 0 Å². The number of rotatable bonds is 2. The average Bonchev–Trinajstić information content (AvgIpc) is 2.56. The zero-order valence-corrected chi connectivity index (χ0v) is 11.6. The largest absolute Gasteiger partial charge is 0.457 e. The lowest BCUT2D eigenvalue weighted by Crippen LogP contribution is -2.18.